The molecule has 0 spiro atoms. The summed E-state index contributed by atoms with van der Waals surface area (Å²) in [6.45, 7) is -0.533. The average Bonchev–Trinajstić information content (AvgIpc) is 2.89. The number of nitrogens with zero attached hydrogens (tertiary/aromatic N) is 1. The molecule has 0 bridgehead atoms. The van der Waals surface area contributed by atoms with Crippen molar-refractivity contribution in [2.45, 2.75) is 4.21 Å². The number of likely N-dealkylation sites (N-methyl/N-ethyl adjacent to an activating group) is 1. The van der Waals surface area contributed by atoms with Crippen molar-refractivity contribution in [1.82, 2.24) is 4.31 Å². The van der Waals surface area contributed by atoms with Crippen LogP contribution in [0.25, 0.3) is 0 Å². The topological polar surface area (TPSA) is 66.5 Å². The number of carbonyl (C=O) groups is 1. The number of sulfonamides is 1. The summed E-state index contributed by atoms with van der Waals surface area (Å²) in [5, 5.41) is 2.19. The third-order valence-electron chi connectivity index (χ3n) is 2.78. The van der Waals surface area contributed by atoms with Crippen LogP contribution in [0.5, 0.6) is 0 Å². The molecule has 0 atom stereocenters. The molecular weight excluding hydrogens is 370 g/mol. The van der Waals surface area contributed by atoms with Crippen LogP contribution in [0.3, 0.4) is 0 Å². The smallest absolute Gasteiger partial charge is 0.252 e. The lowest BCUT2D eigenvalue weighted by atomic mass is 10.3. The fourth-order valence-electron chi connectivity index (χ4n) is 1.66. The van der Waals surface area contributed by atoms with E-state index in [1.165, 1.54) is 19.2 Å². The molecule has 1 N–H and O–H groups in total. The summed E-state index contributed by atoms with van der Waals surface area (Å²) in [7, 11) is -2.66. The van der Waals surface area contributed by atoms with E-state index in [1.54, 1.807) is 0 Å². The number of carbonyl (C=O) groups excluding carboxylic acids is 1. The number of hydrogen-bond acceptors (Lipinski definition) is 4. The first-order valence-electron chi connectivity index (χ1n) is 6.17. The molecule has 2 aromatic rings. The van der Waals surface area contributed by atoms with Crippen molar-refractivity contribution in [1.29, 1.82) is 0 Å². The Bertz CT molecular complexity index is 839. The third kappa shape index (κ3) is 4.25. The summed E-state index contributed by atoms with van der Waals surface area (Å²) in [4.78, 5) is 11.8. The highest BCUT2D eigenvalue weighted by Crippen LogP contribution is 2.27. The van der Waals surface area contributed by atoms with Gasteiger partial charge in [-0.2, -0.15) is 4.31 Å². The standard InChI is InChI=1S/C13H11ClF2N2O3S2/c1-18(23(20,21)13-5-4-11(14)22-13)7-12(19)17-10-3-2-8(15)6-9(10)16/h2-6H,7H2,1H3,(H,17,19). The Labute approximate surface area is 140 Å². The van der Waals surface area contributed by atoms with Gasteiger partial charge in [-0.25, -0.2) is 17.2 Å². The van der Waals surface area contributed by atoms with Crippen LogP contribution in [0, 0.1) is 11.6 Å². The second-order valence-electron chi connectivity index (χ2n) is 4.49. The lowest BCUT2D eigenvalue weighted by molar-refractivity contribution is -0.116. The maximum absolute atomic E-state index is 13.5. The van der Waals surface area contributed by atoms with Gasteiger partial charge in [0.1, 0.15) is 15.8 Å². The van der Waals surface area contributed by atoms with E-state index >= 15 is 0 Å². The average molecular weight is 381 g/mol. The predicted molar refractivity (Wildman–Crippen MR) is 84.1 cm³/mol. The summed E-state index contributed by atoms with van der Waals surface area (Å²) in [6, 6.07) is 5.41. The number of anilines is 1. The number of halogens is 3. The fourth-order valence-corrected chi connectivity index (χ4v) is 4.48. The Morgan fingerprint density at radius 3 is 2.57 bits per heavy atom. The second kappa shape index (κ2) is 6.91. The largest absolute Gasteiger partial charge is 0.322 e. The zero-order valence-electron chi connectivity index (χ0n) is 11.7. The molecular formula is C13H11ClF2N2O3S2. The van der Waals surface area contributed by atoms with Crippen molar-refractivity contribution < 1.29 is 22.0 Å². The van der Waals surface area contributed by atoms with Crippen molar-refractivity contribution in [2.75, 3.05) is 18.9 Å². The first kappa shape index (κ1) is 17.8. The highest BCUT2D eigenvalue weighted by Gasteiger charge is 2.25. The van der Waals surface area contributed by atoms with E-state index in [0.29, 0.717) is 10.4 Å². The first-order chi connectivity index (χ1) is 10.7. The summed E-state index contributed by atoms with van der Waals surface area (Å²) in [5.74, 6) is -2.49. The Balaban J connectivity index is 2.07. The van der Waals surface area contributed by atoms with Crippen molar-refractivity contribution >= 4 is 44.6 Å². The van der Waals surface area contributed by atoms with E-state index in [0.717, 1.165) is 27.8 Å². The van der Waals surface area contributed by atoms with Crippen LogP contribution in [0.15, 0.2) is 34.5 Å². The molecule has 0 fully saturated rings. The molecule has 23 heavy (non-hydrogen) atoms. The molecule has 0 radical (unpaired) electrons. The van der Waals surface area contributed by atoms with Crippen LogP contribution in [0.4, 0.5) is 14.5 Å². The second-order valence-corrected chi connectivity index (χ2v) is 8.48. The monoisotopic (exact) mass is 380 g/mol. The van der Waals surface area contributed by atoms with Gasteiger partial charge in [-0.05, 0) is 24.3 Å². The number of benzene rings is 1. The molecule has 124 valence electrons. The Morgan fingerprint density at radius 1 is 1.30 bits per heavy atom. The van der Waals surface area contributed by atoms with Gasteiger partial charge in [0.15, 0.2) is 0 Å². The van der Waals surface area contributed by atoms with Crippen LogP contribution in [-0.2, 0) is 14.8 Å². The van der Waals surface area contributed by atoms with E-state index in [4.69, 9.17) is 11.6 Å². The normalized spacial score (nSPS) is 11.7. The van der Waals surface area contributed by atoms with Crippen LogP contribution < -0.4 is 5.32 Å². The third-order valence-corrected chi connectivity index (χ3v) is 6.29. The van der Waals surface area contributed by atoms with Gasteiger partial charge in [-0.15, -0.1) is 11.3 Å². The Kier molecular flexibility index (Phi) is 5.35. The zero-order chi connectivity index (χ0) is 17.2. The van der Waals surface area contributed by atoms with E-state index in [1.807, 2.05) is 0 Å². The van der Waals surface area contributed by atoms with Gasteiger partial charge in [-0.1, -0.05) is 11.6 Å². The minimum Gasteiger partial charge on any atom is -0.322 e. The maximum Gasteiger partial charge on any atom is 0.252 e. The highest BCUT2D eigenvalue weighted by molar-refractivity contribution is 7.91. The molecule has 0 saturated heterocycles. The summed E-state index contributed by atoms with van der Waals surface area (Å²) >= 11 is 6.56. The lowest BCUT2D eigenvalue weighted by Gasteiger charge is -2.15. The van der Waals surface area contributed by atoms with Crippen molar-refractivity contribution in [2.24, 2.45) is 0 Å². The fraction of sp³-hybridized carbons (Fsp3) is 0.154. The molecule has 1 aromatic heterocycles. The van der Waals surface area contributed by atoms with Crippen molar-refractivity contribution in [3.8, 4) is 0 Å². The number of amides is 1. The van der Waals surface area contributed by atoms with E-state index < -0.39 is 34.1 Å². The van der Waals surface area contributed by atoms with Crippen LogP contribution in [0.2, 0.25) is 4.34 Å². The zero-order valence-corrected chi connectivity index (χ0v) is 14.1. The maximum atomic E-state index is 13.5. The van der Waals surface area contributed by atoms with Crippen molar-refractivity contribution in [3.63, 3.8) is 0 Å². The molecule has 0 unspecified atom stereocenters. The lowest BCUT2D eigenvalue weighted by Crippen LogP contribution is -2.34. The Morgan fingerprint density at radius 2 is 2.00 bits per heavy atom. The number of nitrogens with one attached hydrogen (secondary N) is 1. The molecule has 1 amide bonds. The molecule has 1 aromatic carbocycles. The molecule has 0 aliphatic rings. The van der Waals surface area contributed by atoms with E-state index in [-0.39, 0.29) is 9.90 Å². The minimum absolute atomic E-state index is 0.00855. The quantitative estimate of drug-likeness (QED) is 0.867. The van der Waals surface area contributed by atoms with Gasteiger partial charge in [0.2, 0.25) is 5.91 Å². The summed E-state index contributed by atoms with van der Waals surface area (Å²) in [5.41, 5.74) is -0.235. The van der Waals surface area contributed by atoms with Gasteiger partial charge in [-0.3, -0.25) is 4.79 Å². The van der Waals surface area contributed by atoms with E-state index in [2.05, 4.69) is 5.32 Å². The minimum atomic E-state index is -3.87. The van der Waals surface area contributed by atoms with Gasteiger partial charge in [0, 0.05) is 13.1 Å². The molecule has 0 aliphatic heterocycles. The highest BCUT2D eigenvalue weighted by atomic mass is 35.5. The summed E-state index contributed by atoms with van der Waals surface area (Å²) < 4.78 is 51.8. The molecule has 10 heteroatoms. The summed E-state index contributed by atoms with van der Waals surface area (Å²) in [6.07, 6.45) is 0. The number of rotatable bonds is 5. The Hall–Kier alpha value is -1.55. The molecule has 5 nitrogen and oxygen atoms in total. The van der Waals surface area contributed by atoms with E-state index in [9.17, 15) is 22.0 Å². The molecule has 0 aliphatic carbocycles. The predicted octanol–water partition coefficient (Wildman–Crippen LogP) is 2.94. The van der Waals surface area contributed by atoms with Crippen LogP contribution in [0.1, 0.15) is 0 Å². The van der Waals surface area contributed by atoms with Crippen LogP contribution >= 0.6 is 22.9 Å². The van der Waals surface area contributed by atoms with Gasteiger partial charge >= 0.3 is 0 Å². The van der Waals surface area contributed by atoms with Gasteiger partial charge in [0.05, 0.1) is 16.6 Å². The number of hydrogen-bond donors (Lipinski definition) is 1. The molecule has 0 saturated carbocycles. The molecule has 1 heterocycles. The van der Waals surface area contributed by atoms with Crippen molar-refractivity contribution in [3.05, 3.63) is 46.3 Å². The molecule has 2 rings (SSSR count). The van der Waals surface area contributed by atoms with Crippen LogP contribution in [-0.4, -0.2) is 32.2 Å². The first-order valence-corrected chi connectivity index (χ1v) is 8.80. The van der Waals surface area contributed by atoms with Gasteiger partial charge in [0.25, 0.3) is 10.0 Å². The number of thiophene rings is 1. The SMILES string of the molecule is CN(CC(=O)Nc1ccc(F)cc1F)S(=O)(=O)c1ccc(Cl)s1. The van der Waals surface area contributed by atoms with Gasteiger partial charge < -0.3 is 5.32 Å².